The number of carboxylic acid groups (broad SMARTS) is 1. The van der Waals surface area contributed by atoms with Crippen LogP contribution in [0.5, 0.6) is 0 Å². The molecular formula is C14H9ClN2O2S2. The van der Waals surface area contributed by atoms with E-state index in [9.17, 15) is 4.79 Å². The molecule has 0 aliphatic heterocycles. The molecule has 0 atom stereocenters. The van der Waals surface area contributed by atoms with E-state index in [4.69, 9.17) is 16.7 Å². The maximum absolute atomic E-state index is 10.8. The first-order valence-corrected chi connectivity index (χ1v) is 8.24. The fourth-order valence-electron chi connectivity index (χ4n) is 1.84. The van der Waals surface area contributed by atoms with Crippen LogP contribution in [0.3, 0.4) is 0 Å². The van der Waals surface area contributed by atoms with Crippen LogP contribution in [-0.2, 0) is 4.79 Å². The van der Waals surface area contributed by atoms with Crippen LogP contribution in [-0.4, -0.2) is 26.8 Å². The van der Waals surface area contributed by atoms with Crippen LogP contribution in [0, 0.1) is 0 Å². The van der Waals surface area contributed by atoms with E-state index in [1.54, 1.807) is 6.07 Å². The van der Waals surface area contributed by atoms with E-state index < -0.39 is 5.97 Å². The van der Waals surface area contributed by atoms with Gasteiger partial charge in [-0.3, -0.25) is 4.79 Å². The molecule has 0 bridgehead atoms. The fourth-order valence-corrected chi connectivity index (χ4v) is 3.66. The molecule has 2 heterocycles. The number of para-hydroxylation sites is 1. The van der Waals surface area contributed by atoms with Crippen molar-refractivity contribution in [3.8, 4) is 10.7 Å². The molecule has 0 saturated carbocycles. The molecule has 21 heavy (non-hydrogen) atoms. The summed E-state index contributed by atoms with van der Waals surface area (Å²) in [6.45, 7) is 0. The Hall–Kier alpha value is -1.63. The average Bonchev–Trinajstić information content (AvgIpc) is 2.90. The van der Waals surface area contributed by atoms with Gasteiger partial charge in [0, 0.05) is 5.39 Å². The summed E-state index contributed by atoms with van der Waals surface area (Å²) >= 11 is 8.78. The molecule has 3 rings (SSSR count). The minimum absolute atomic E-state index is 0.0430. The molecule has 3 aromatic rings. The van der Waals surface area contributed by atoms with E-state index >= 15 is 0 Å². The van der Waals surface area contributed by atoms with Crippen molar-refractivity contribution in [2.75, 3.05) is 5.75 Å². The quantitative estimate of drug-likeness (QED) is 0.571. The van der Waals surface area contributed by atoms with E-state index in [0.717, 1.165) is 15.8 Å². The highest BCUT2D eigenvalue weighted by Crippen LogP contribution is 2.34. The van der Waals surface area contributed by atoms with Crippen molar-refractivity contribution in [2.45, 2.75) is 5.03 Å². The van der Waals surface area contributed by atoms with Crippen molar-refractivity contribution >= 4 is 51.6 Å². The van der Waals surface area contributed by atoms with Gasteiger partial charge in [-0.25, -0.2) is 9.97 Å². The second-order valence-corrected chi connectivity index (χ2v) is 6.44. The number of nitrogens with zero attached hydrogens (tertiary/aromatic N) is 2. The summed E-state index contributed by atoms with van der Waals surface area (Å²) < 4.78 is 0. The maximum atomic E-state index is 10.8. The number of hydrogen-bond acceptors (Lipinski definition) is 5. The molecule has 0 amide bonds. The average molecular weight is 337 g/mol. The van der Waals surface area contributed by atoms with Crippen molar-refractivity contribution in [3.05, 3.63) is 40.7 Å². The minimum Gasteiger partial charge on any atom is -0.481 e. The molecule has 1 aromatic carbocycles. The Bertz CT molecular complexity index is 820. The molecule has 0 unspecified atom stereocenters. The number of carbonyl (C=O) groups is 1. The number of benzene rings is 1. The summed E-state index contributed by atoms with van der Waals surface area (Å²) in [6, 6.07) is 9.34. The number of hydrogen-bond donors (Lipinski definition) is 1. The van der Waals surface area contributed by atoms with Crippen LogP contribution in [0.2, 0.25) is 5.02 Å². The smallest absolute Gasteiger partial charge is 0.313 e. The Morgan fingerprint density at radius 1 is 1.29 bits per heavy atom. The number of aliphatic carboxylic acids is 1. The van der Waals surface area contributed by atoms with Gasteiger partial charge < -0.3 is 5.11 Å². The number of aromatic nitrogens is 2. The van der Waals surface area contributed by atoms with Gasteiger partial charge in [-0.1, -0.05) is 41.6 Å². The molecule has 0 fully saturated rings. The highest BCUT2D eigenvalue weighted by atomic mass is 35.5. The molecule has 0 saturated heterocycles. The summed E-state index contributed by atoms with van der Waals surface area (Å²) in [6.07, 6.45) is 0. The van der Waals surface area contributed by atoms with Crippen LogP contribution < -0.4 is 0 Å². The van der Waals surface area contributed by atoms with Crippen molar-refractivity contribution in [1.29, 1.82) is 0 Å². The second-order valence-electron chi connectivity index (χ2n) is 4.15. The van der Waals surface area contributed by atoms with E-state index in [1.165, 1.54) is 23.1 Å². The van der Waals surface area contributed by atoms with Crippen LogP contribution in [0.1, 0.15) is 0 Å². The van der Waals surface area contributed by atoms with Gasteiger partial charge in [0.25, 0.3) is 0 Å². The lowest BCUT2D eigenvalue weighted by molar-refractivity contribution is -0.133. The largest absolute Gasteiger partial charge is 0.481 e. The number of fused-ring (bicyclic) bond motifs is 1. The molecule has 0 aliphatic rings. The van der Waals surface area contributed by atoms with Crippen molar-refractivity contribution in [1.82, 2.24) is 9.97 Å². The lowest BCUT2D eigenvalue weighted by atomic mass is 10.2. The lowest BCUT2D eigenvalue weighted by Gasteiger charge is -2.06. The number of thioether (sulfide) groups is 1. The Labute approximate surface area is 133 Å². The Balaban J connectivity index is 2.15. The van der Waals surface area contributed by atoms with Crippen molar-refractivity contribution in [2.24, 2.45) is 0 Å². The number of carboxylic acids is 1. The van der Waals surface area contributed by atoms with Crippen LogP contribution in [0.25, 0.3) is 21.6 Å². The Morgan fingerprint density at radius 2 is 2.10 bits per heavy atom. The summed E-state index contributed by atoms with van der Waals surface area (Å²) in [4.78, 5) is 20.6. The first-order valence-electron chi connectivity index (χ1n) is 6.00. The van der Waals surface area contributed by atoms with Crippen LogP contribution in [0.4, 0.5) is 0 Å². The third-order valence-electron chi connectivity index (χ3n) is 2.72. The summed E-state index contributed by atoms with van der Waals surface area (Å²) in [7, 11) is 0. The highest BCUT2D eigenvalue weighted by Gasteiger charge is 2.14. The first-order chi connectivity index (χ1) is 10.1. The van der Waals surface area contributed by atoms with E-state index in [-0.39, 0.29) is 5.75 Å². The SMILES string of the molecule is O=C(O)CSc1nc(-c2sccc2Cl)nc2ccccc12. The predicted molar refractivity (Wildman–Crippen MR) is 86.2 cm³/mol. The zero-order chi connectivity index (χ0) is 14.8. The Kier molecular flexibility index (Phi) is 4.10. The van der Waals surface area contributed by atoms with Crippen molar-refractivity contribution in [3.63, 3.8) is 0 Å². The molecule has 4 nitrogen and oxygen atoms in total. The molecule has 0 spiro atoms. The van der Waals surface area contributed by atoms with Gasteiger partial charge in [-0.05, 0) is 17.5 Å². The second kappa shape index (κ2) is 6.01. The lowest BCUT2D eigenvalue weighted by Crippen LogP contribution is -2.00. The highest BCUT2D eigenvalue weighted by molar-refractivity contribution is 8.00. The molecule has 0 radical (unpaired) electrons. The summed E-state index contributed by atoms with van der Waals surface area (Å²) in [5, 5.41) is 12.8. The van der Waals surface area contributed by atoms with Gasteiger partial charge in [-0.15, -0.1) is 11.3 Å². The minimum atomic E-state index is -0.876. The number of halogens is 1. The molecule has 7 heteroatoms. The first kappa shape index (κ1) is 14.3. The molecule has 2 aromatic heterocycles. The van der Waals surface area contributed by atoms with E-state index in [1.807, 2.05) is 29.6 Å². The number of rotatable bonds is 4. The number of thiophene rings is 1. The molecule has 1 N–H and O–H groups in total. The summed E-state index contributed by atoms with van der Waals surface area (Å²) in [5.74, 6) is -0.390. The molecule has 106 valence electrons. The standard InChI is InChI=1S/C14H9ClN2O2S2/c15-9-5-6-20-12(9)13-16-10-4-2-1-3-8(10)14(17-13)21-7-11(18)19/h1-6H,7H2,(H,18,19). The van der Waals surface area contributed by atoms with Crippen LogP contribution in [0.15, 0.2) is 40.7 Å². The molecular weight excluding hydrogens is 328 g/mol. The van der Waals surface area contributed by atoms with Gasteiger partial charge in [-0.2, -0.15) is 0 Å². The topological polar surface area (TPSA) is 63.1 Å². The third-order valence-corrected chi connectivity index (χ3v) is 5.03. The van der Waals surface area contributed by atoms with Gasteiger partial charge in [0.2, 0.25) is 0 Å². The van der Waals surface area contributed by atoms with E-state index in [0.29, 0.717) is 15.9 Å². The van der Waals surface area contributed by atoms with Gasteiger partial charge in [0.05, 0.1) is 21.2 Å². The van der Waals surface area contributed by atoms with Crippen molar-refractivity contribution < 1.29 is 9.90 Å². The van der Waals surface area contributed by atoms with Gasteiger partial charge in [0.1, 0.15) is 5.03 Å². The van der Waals surface area contributed by atoms with Gasteiger partial charge >= 0.3 is 5.97 Å². The monoisotopic (exact) mass is 336 g/mol. The van der Waals surface area contributed by atoms with E-state index in [2.05, 4.69) is 9.97 Å². The van der Waals surface area contributed by atoms with Gasteiger partial charge in [0.15, 0.2) is 5.82 Å². The summed E-state index contributed by atoms with van der Waals surface area (Å²) in [5.41, 5.74) is 0.778. The third kappa shape index (κ3) is 3.02. The normalized spacial score (nSPS) is 10.9. The Morgan fingerprint density at radius 3 is 2.81 bits per heavy atom. The zero-order valence-electron chi connectivity index (χ0n) is 10.6. The van der Waals surface area contributed by atoms with Crippen LogP contribution >= 0.6 is 34.7 Å². The zero-order valence-corrected chi connectivity index (χ0v) is 13.0. The maximum Gasteiger partial charge on any atom is 0.313 e. The fraction of sp³-hybridized carbons (Fsp3) is 0.0714. The molecule has 0 aliphatic carbocycles. The predicted octanol–water partition coefficient (Wildman–Crippen LogP) is 4.19.